The van der Waals surface area contributed by atoms with Crippen molar-refractivity contribution in [2.24, 2.45) is 0 Å². The maximum Gasteiger partial charge on any atom is 0.492 e. The summed E-state index contributed by atoms with van der Waals surface area (Å²) in [4.78, 5) is 0. The highest BCUT2D eigenvalue weighted by Crippen LogP contribution is 2.15. The van der Waals surface area contributed by atoms with Gasteiger partial charge in [0.25, 0.3) is 0 Å². The molecular weight excluding hydrogens is 296 g/mol. The summed E-state index contributed by atoms with van der Waals surface area (Å²) < 4.78 is 13.5. The highest BCUT2D eigenvalue weighted by molar-refractivity contribution is 14.1. The first-order valence-electron chi connectivity index (χ1n) is 3.03. The first-order chi connectivity index (χ1) is 5.54. The van der Waals surface area contributed by atoms with Crippen molar-refractivity contribution in [1.82, 2.24) is 0 Å². The number of halogens is 3. The molecule has 0 atom stereocenters. The van der Waals surface area contributed by atoms with Crippen LogP contribution in [0, 0.1) is 9.39 Å². The summed E-state index contributed by atoms with van der Waals surface area (Å²) in [5.74, 6) is -0.779. The average molecular weight is 300 g/mol. The lowest BCUT2D eigenvalue weighted by Gasteiger charge is -2.05. The molecule has 1 rings (SSSR count). The van der Waals surface area contributed by atoms with E-state index in [1.54, 1.807) is 22.6 Å². The molecule has 1 aromatic rings. The zero-order valence-electron chi connectivity index (χ0n) is 5.76. The van der Waals surface area contributed by atoms with Crippen molar-refractivity contribution < 1.29 is 14.4 Å². The third kappa shape index (κ3) is 1.90. The maximum absolute atomic E-state index is 13.1. The number of rotatable bonds is 1. The highest BCUT2D eigenvalue weighted by atomic mass is 127. The molecule has 0 aliphatic rings. The summed E-state index contributed by atoms with van der Waals surface area (Å²) in [5.41, 5.74) is -0.178. The second-order valence-corrected chi connectivity index (χ2v) is 3.70. The van der Waals surface area contributed by atoms with Gasteiger partial charge in [-0.1, -0.05) is 11.6 Å². The Morgan fingerprint density at radius 1 is 1.42 bits per heavy atom. The Morgan fingerprint density at radius 2 is 2.00 bits per heavy atom. The van der Waals surface area contributed by atoms with Gasteiger partial charge in [-0.25, -0.2) is 4.39 Å². The van der Waals surface area contributed by atoms with Crippen LogP contribution in [0.4, 0.5) is 4.39 Å². The third-order valence-electron chi connectivity index (χ3n) is 1.34. The molecule has 1 aromatic carbocycles. The third-order valence-corrected chi connectivity index (χ3v) is 2.57. The molecular formula is C6H4BClFIO2. The second-order valence-electron chi connectivity index (χ2n) is 2.13. The van der Waals surface area contributed by atoms with Gasteiger partial charge >= 0.3 is 7.12 Å². The fourth-order valence-electron chi connectivity index (χ4n) is 0.779. The Labute approximate surface area is 87.6 Å². The quantitative estimate of drug-likeness (QED) is 0.457. The van der Waals surface area contributed by atoms with E-state index in [-0.39, 0.29) is 10.5 Å². The van der Waals surface area contributed by atoms with E-state index in [4.69, 9.17) is 21.6 Å². The molecule has 12 heavy (non-hydrogen) atoms. The standard InChI is InChI=1S/C6H4BClFIO2/c8-3-1-2-4(10)5(6(3)9)7(11)12/h1-2,11-12H. The van der Waals surface area contributed by atoms with E-state index in [0.29, 0.717) is 3.57 Å². The molecule has 0 amide bonds. The minimum atomic E-state index is -1.82. The van der Waals surface area contributed by atoms with Gasteiger partial charge in [0.05, 0.1) is 5.02 Å². The van der Waals surface area contributed by atoms with Gasteiger partial charge in [-0.2, -0.15) is 0 Å². The molecule has 0 radical (unpaired) electrons. The maximum atomic E-state index is 13.1. The molecule has 0 saturated carbocycles. The molecule has 2 nitrogen and oxygen atoms in total. The Morgan fingerprint density at radius 3 is 2.42 bits per heavy atom. The molecule has 0 aliphatic heterocycles. The van der Waals surface area contributed by atoms with E-state index in [1.807, 2.05) is 0 Å². The van der Waals surface area contributed by atoms with Crippen molar-refractivity contribution in [3.8, 4) is 0 Å². The summed E-state index contributed by atoms with van der Waals surface area (Å²) in [7, 11) is -1.82. The van der Waals surface area contributed by atoms with Gasteiger partial charge < -0.3 is 10.0 Å². The minimum absolute atomic E-state index is 0.112. The van der Waals surface area contributed by atoms with Crippen molar-refractivity contribution in [1.29, 1.82) is 0 Å². The molecule has 0 spiro atoms. The van der Waals surface area contributed by atoms with Crippen LogP contribution >= 0.6 is 34.2 Å². The molecule has 0 fully saturated rings. The van der Waals surface area contributed by atoms with Crippen LogP contribution in [0.15, 0.2) is 12.1 Å². The first kappa shape index (κ1) is 10.2. The van der Waals surface area contributed by atoms with Crippen LogP contribution in [0.3, 0.4) is 0 Å². The largest absolute Gasteiger partial charge is 0.492 e. The fraction of sp³-hybridized carbons (Fsp3) is 0. The van der Waals surface area contributed by atoms with E-state index in [0.717, 1.165) is 0 Å². The zero-order valence-corrected chi connectivity index (χ0v) is 8.67. The Bertz CT molecular complexity index is 308. The van der Waals surface area contributed by atoms with Crippen LogP contribution in [0.5, 0.6) is 0 Å². The lowest BCUT2D eigenvalue weighted by molar-refractivity contribution is 0.422. The van der Waals surface area contributed by atoms with Crippen molar-refractivity contribution in [3.63, 3.8) is 0 Å². The Balaban J connectivity index is 3.33. The van der Waals surface area contributed by atoms with Crippen molar-refractivity contribution in [2.75, 3.05) is 0 Å². The SMILES string of the molecule is OB(O)c1c(I)ccc(Cl)c1F. The zero-order chi connectivity index (χ0) is 9.30. The first-order valence-corrected chi connectivity index (χ1v) is 4.49. The van der Waals surface area contributed by atoms with Crippen LogP contribution in [0.2, 0.25) is 5.02 Å². The van der Waals surface area contributed by atoms with Crippen molar-refractivity contribution >= 4 is 46.8 Å². The fourth-order valence-corrected chi connectivity index (χ4v) is 1.64. The molecule has 64 valence electrons. The van der Waals surface area contributed by atoms with E-state index >= 15 is 0 Å². The summed E-state index contributed by atoms with van der Waals surface area (Å²) in [6.07, 6.45) is 0. The predicted molar refractivity (Wildman–Crippen MR) is 54.0 cm³/mol. The summed E-state index contributed by atoms with van der Waals surface area (Å²) >= 11 is 7.23. The number of hydrogen-bond donors (Lipinski definition) is 2. The topological polar surface area (TPSA) is 40.5 Å². The van der Waals surface area contributed by atoms with Gasteiger partial charge in [-0.15, -0.1) is 0 Å². The highest BCUT2D eigenvalue weighted by Gasteiger charge is 2.21. The summed E-state index contributed by atoms with van der Waals surface area (Å²) in [5, 5.41) is 17.4. The van der Waals surface area contributed by atoms with Gasteiger partial charge in [0.2, 0.25) is 0 Å². The minimum Gasteiger partial charge on any atom is -0.423 e. The number of hydrogen-bond acceptors (Lipinski definition) is 2. The number of benzene rings is 1. The Kier molecular flexibility index (Phi) is 3.33. The average Bonchev–Trinajstić information content (AvgIpc) is 1.97. The van der Waals surface area contributed by atoms with Crippen LogP contribution in [-0.2, 0) is 0 Å². The Hall–Kier alpha value is 0.155. The summed E-state index contributed by atoms with van der Waals surface area (Å²) in [6, 6.07) is 2.88. The lowest BCUT2D eigenvalue weighted by Crippen LogP contribution is -2.35. The molecule has 0 aliphatic carbocycles. The molecule has 0 heterocycles. The molecule has 2 N–H and O–H groups in total. The van der Waals surface area contributed by atoms with Crippen molar-refractivity contribution in [2.45, 2.75) is 0 Å². The molecule has 6 heteroatoms. The molecule has 0 aromatic heterocycles. The second kappa shape index (κ2) is 3.91. The van der Waals surface area contributed by atoms with Crippen molar-refractivity contribution in [3.05, 3.63) is 26.5 Å². The summed E-state index contributed by atoms with van der Waals surface area (Å²) in [6.45, 7) is 0. The van der Waals surface area contributed by atoms with Crippen LogP contribution in [-0.4, -0.2) is 17.2 Å². The monoisotopic (exact) mass is 300 g/mol. The van der Waals surface area contributed by atoms with E-state index < -0.39 is 12.9 Å². The van der Waals surface area contributed by atoms with E-state index in [1.165, 1.54) is 12.1 Å². The van der Waals surface area contributed by atoms with Crippen LogP contribution in [0.1, 0.15) is 0 Å². The predicted octanol–water partition coefficient (Wildman–Crippen LogP) is 0.764. The molecule has 0 saturated heterocycles. The van der Waals surface area contributed by atoms with Crippen LogP contribution < -0.4 is 5.46 Å². The van der Waals surface area contributed by atoms with E-state index in [9.17, 15) is 4.39 Å². The van der Waals surface area contributed by atoms with Gasteiger partial charge in [0.15, 0.2) is 0 Å². The smallest absolute Gasteiger partial charge is 0.423 e. The van der Waals surface area contributed by atoms with E-state index in [2.05, 4.69) is 0 Å². The van der Waals surface area contributed by atoms with Gasteiger partial charge in [0, 0.05) is 9.03 Å². The molecule has 0 unspecified atom stereocenters. The molecule has 0 bridgehead atoms. The van der Waals surface area contributed by atoms with Gasteiger partial charge in [0.1, 0.15) is 5.82 Å². The van der Waals surface area contributed by atoms with Gasteiger partial charge in [-0.05, 0) is 34.7 Å². The van der Waals surface area contributed by atoms with Crippen LogP contribution in [0.25, 0.3) is 0 Å². The van der Waals surface area contributed by atoms with Gasteiger partial charge in [-0.3, -0.25) is 0 Å². The lowest BCUT2D eigenvalue weighted by atomic mass is 9.80. The normalized spacial score (nSPS) is 10.1.